The highest BCUT2D eigenvalue weighted by atomic mass is 79.9. The van der Waals surface area contributed by atoms with Gasteiger partial charge in [-0.3, -0.25) is 4.79 Å². The zero-order valence-corrected chi connectivity index (χ0v) is 11.9. The maximum Gasteiger partial charge on any atom is 0.146 e. The number of carbonyl (C=O) groups excluding carboxylic acids is 1. The van der Waals surface area contributed by atoms with Crippen LogP contribution in [-0.2, 0) is 9.53 Å². The number of thioether (sulfide) groups is 1. The lowest BCUT2D eigenvalue weighted by Crippen LogP contribution is -2.24. The fourth-order valence-corrected chi connectivity index (χ4v) is 2.96. The molecule has 2 rings (SSSR count). The Morgan fingerprint density at radius 1 is 1.29 bits per heavy atom. The third-order valence-electron chi connectivity index (χ3n) is 2.87. The van der Waals surface area contributed by atoms with Gasteiger partial charge in [-0.2, -0.15) is 0 Å². The van der Waals surface area contributed by atoms with Gasteiger partial charge in [0.2, 0.25) is 0 Å². The molecule has 17 heavy (non-hydrogen) atoms. The van der Waals surface area contributed by atoms with E-state index in [2.05, 4.69) is 15.9 Å². The molecule has 0 aromatic heterocycles. The molecule has 1 heterocycles. The van der Waals surface area contributed by atoms with E-state index in [4.69, 9.17) is 4.74 Å². The predicted octanol–water partition coefficient (Wildman–Crippen LogP) is 3.54. The Labute approximate surface area is 114 Å². The van der Waals surface area contributed by atoms with E-state index in [-0.39, 0.29) is 5.92 Å². The molecule has 0 saturated carbocycles. The summed E-state index contributed by atoms with van der Waals surface area (Å²) in [5, 5.41) is 0. The molecule has 1 saturated heterocycles. The standard InChI is InChI=1S/C13H15BrO2S/c14-11-1-3-12(4-2-11)17-9-13(15)10-5-7-16-8-6-10/h1-4,10H,5-9H2. The van der Waals surface area contributed by atoms with Crippen LogP contribution >= 0.6 is 27.7 Å². The average molecular weight is 315 g/mol. The van der Waals surface area contributed by atoms with E-state index in [1.807, 2.05) is 24.3 Å². The van der Waals surface area contributed by atoms with E-state index < -0.39 is 0 Å². The molecule has 92 valence electrons. The number of Topliss-reactive ketones (excluding diaryl/α,β-unsaturated/α-hetero) is 1. The van der Waals surface area contributed by atoms with Gasteiger partial charge in [0, 0.05) is 28.5 Å². The van der Waals surface area contributed by atoms with Crippen LogP contribution in [0.2, 0.25) is 0 Å². The van der Waals surface area contributed by atoms with Gasteiger partial charge in [0.1, 0.15) is 5.78 Å². The van der Waals surface area contributed by atoms with Crippen LogP contribution in [0.15, 0.2) is 33.6 Å². The number of hydrogen-bond donors (Lipinski definition) is 0. The van der Waals surface area contributed by atoms with Gasteiger partial charge < -0.3 is 4.74 Å². The molecule has 2 nitrogen and oxygen atoms in total. The molecular formula is C13H15BrO2S. The van der Waals surface area contributed by atoms with Crippen molar-refractivity contribution < 1.29 is 9.53 Å². The van der Waals surface area contributed by atoms with Crippen molar-refractivity contribution in [3.8, 4) is 0 Å². The number of ketones is 1. The third-order valence-corrected chi connectivity index (χ3v) is 4.43. The predicted molar refractivity (Wildman–Crippen MR) is 73.4 cm³/mol. The van der Waals surface area contributed by atoms with Crippen molar-refractivity contribution in [2.45, 2.75) is 17.7 Å². The van der Waals surface area contributed by atoms with Gasteiger partial charge in [0.25, 0.3) is 0 Å². The molecule has 1 aliphatic rings. The van der Waals surface area contributed by atoms with Crippen molar-refractivity contribution in [1.29, 1.82) is 0 Å². The zero-order valence-electron chi connectivity index (χ0n) is 9.52. The summed E-state index contributed by atoms with van der Waals surface area (Å²) in [6.07, 6.45) is 1.78. The van der Waals surface area contributed by atoms with Crippen molar-refractivity contribution in [3.05, 3.63) is 28.7 Å². The molecule has 0 amide bonds. The lowest BCUT2D eigenvalue weighted by Gasteiger charge is -2.20. The molecule has 0 spiro atoms. The first kappa shape index (κ1) is 13.1. The van der Waals surface area contributed by atoms with E-state index in [0.717, 1.165) is 35.4 Å². The Balaban J connectivity index is 1.81. The number of hydrogen-bond acceptors (Lipinski definition) is 3. The van der Waals surface area contributed by atoms with Crippen LogP contribution in [0.25, 0.3) is 0 Å². The highest BCUT2D eigenvalue weighted by molar-refractivity contribution is 9.10. The molecule has 1 aromatic carbocycles. The first-order chi connectivity index (χ1) is 8.25. The molecule has 1 fully saturated rings. The molecule has 0 radical (unpaired) electrons. The molecule has 1 aliphatic heterocycles. The van der Waals surface area contributed by atoms with Crippen molar-refractivity contribution in [2.75, 3.05) is 19.0 Å². The summed E-state index contributed by atoms with van der Waals surface area (Å²) in [6.45, 7) is 1.47. The van der Waals surface area contributed by atoms with Crippen LogP contribution in [0.3, 0.4) is 0 Å². The van der Waals surface area contributed by atoms with Gasteiger partial charge in [-0.15, -0.1) is 11.8 Å². The van der Waals surface area contributed by atoms with Gasteiger partial charge in [-0.1, -0.05) is 15.9 Å². The summed E-state index contributed by atoms with van der Waals surface area (Å²) in [7, 11) is 0. The van der Waals surface area contributed by atoms with E-state index >= 15 is 0 Å². The highest BCUT2D eigenvalue weighted by Crippen LogP contribution is 2.23. The molecule has 0 unspecified atom stereocenters. The lowest BCUT2D eigenvalue weighted by molar-refractivity contribution is -0.123. The Morgan fingerprint density at radius 3 is 2.59 bits per heavy atom. The molecule has 0 N–H and O–H groups in total. The normalized spacial score (nSPS) is 17.0. The summed E-state index contributed by atoms with van der Waals surface area (Å²) in [4.78, 5) is 13.1. The number of rotatable bonds is 4. The van der Waals surface area contributed by atoms with E-state index in [9.17, 15) is 4.79 Å². The summed E-state index contributed by atoms with van der Waals surface area (Å²) < 4.78 is 6.33. The van der Waals surface area contributed by atoms with Crippen LogP contribution in [-0.4, -0.2) is 24.7 Å². The minimum atomic E-state index is 0.215. The first-order valence-electron chi connectivity index (χ1n) is 5.74. The van der Waals surface area contributed by atoms with Gasteiger partial charge in [0.15, 0.2) is 0 Å². The van der Waals surface area contributed by atoms with Crippen molar-refractivity contribution in [2.24, 2.45) is 5.92 Å². The minimum Gasteiger partial charge on any atom is -0.381 e. The molecule has 1 aromatic rings. The zero-order chi connectivity index (χ0) is 12.1. The number of benzene rings is 1. The largest absolute Gasteiger partial charge is 0.381 e. The topological polar surface area (TPSA) is 26.3 Å². The second-order valence-electron chi connectivity index (χ2n) is 4.10. The number of ether oxygens (including phenoxy) is 1. The highest BCUT2D eigenvalue weighted by Gasteiger charge is 2.21. The van der Waals surface area contributed by atoms with Gasteiger partial charge >= 0.3 is 0 Å². The summed E-state index contributed by atoms with van der Waals surface area (Å²) in [5.74, 6) is 1.15. The molecule has 0 atom stereocenters. The first-order valence-corrected chi connectivity index (χ1v) is 7.52. The SMILES string of the molecule is O=C(CSc1ccc(Br)cc1)C1CCOCC1. The van der Waals surface area contributed by atoms with Gasteiger partial charge in [-0.25, -0.2) is 0 Å². The van der Waals surface area contributed by atoms with Crippen LogP contribution in [0.5, 0.6) is 0 Å². The van der Waals surface area contributed by atoms with E-state index in [0.29, 0.717) is 11.5 Å². The fourth-order valence-electron chi connectivity index (χ4n) is 1.82. The van der Waals surface area contributed by atoms with Gasteiger partial charge in [-0.05, 0) is 37.1 Å². The molecule has 0 aliphatic carbocycles. The number of halogens is 1. The van der Waals surface area contributed by atoms with Crippen LogP contribution in [0.1, 0.15) is 12.8 Å². The van der Waals surface area contributed by atoms with Crippen LogP contribution in [0.4, 0.5) is 0 Å². The maximum atomic E-state index is 12.0. The van der Waals surface area contributed by atoms with Crippen LogP contribution in [0, 0.1) is 5.92 Å². The summed E-state index contributed by atoms with van der Waals surface area (Å²) in [5.41, 5.74) is 0. The van der Waals surface area contributed by atoms with E-state index in [1.54, 1.807) is 11.8 Å². The monoisotopic (exact) mass is 314 g/mol. The van der Waals surface area contributed by atoms with E-state index in [1.165, 1.54) is 0 Å². The van der Waals surface area contributed by atoms with Crippen LogP contribution < -0.4 is 0 Å². The van der Waals surface area contributed by atoms with Crippen molar-refractivity contribution in [3.63, 3.8) is 0 Å². The van der Waals surface area contributed by atoms with Gasteiger partial charge in [0.05, 0.1) is 5.75 Å². The smallest absolute Gasteiger partial charge is 0.146 e. The Morgan fingerprint density at radius 2 is 1.94 bits per heavy atom. The number of carbonyl (C=O) groups is 1. The maximum absolute atomic E-state index is 12.0. The quantitative estimate of drug-likeness (QED) is 0.795. The molecule has 0 bridgehead atoms. The summed E-state index contributed by atoms with van der Waals surface area (Å²) in [6, 6.07) is 8.07. The average Bonchev–Trinajstić information content (AvgIpc) is 2.39. The fraction of sp³-hybridized carbons (Fsp3) is 0.462. The minimum absolute atomic E-state index is 0.215. The third kappa shape index (κ3) is 4.12. The van der Waals surface area contributed by atoms with Crippen molar-refractivity contribution in [1.82, 2.24) is 0 Å². The Kier molecular flexibility index (Phi) is 5.07. The Hall–Kier alpha value is -0.320. The Bertz CT molecular complexity index is 372. The summed E-state index contributed by atoms with van der Waals surface area (Å²) >= 11 is 5.02. The molecule has 4 heteroatoms. The lowest BCUT2D eigenvalue weighted by atomic mass is 9.96. The second kappa shape index (κ2) is 6.57. The molecular weight excluding hydrogens is 300 g/mol. The second-order valence-corrected chi connectivity index (χ2v) is 6.06. The van der Waals surface area contributed by atoms with Crippen molar-refractivity contribution >= 4 is 33.5 Å².